The molecule has 6 nitrogen and oxygen atoms in total. The predicted molar refractivity (Wildman–Crippen MR) is 108 cm³/mol. The SMILES string of the molecule is COc1ccc(C2C[C@]34CC(c5cccc(OC)c5)OC(=O)C3=C[C@@]2(C)OO4)cc1. The van der Waals surface area contributed by atoms with E-state index < -0.39 is 17.3 Å². The third-order valence-electron chi connectivity index (χ3n) is 6.50. The number of hydrogen-bond donors (Lipinski definition) is 0. The summed E-state index contributed by atoms with van der Waals surface area (Å²) in [6, 6.07) is 15.6. The van der Waals surface area contributed by atoms with Gasteiger partial charge in [0, 0.05) is 12.3 Å². The van der Waals surface area contributed by atoms with Crippen LogP contribution >= 0.6 is 0 Å². The summed E-state index contributed by atoms with van der Waals surface area (Å²) in [6.45, 7) is 1.94. The molecular formula is C24H24O6. The lowest BCUT2D eigenvalue weighted by Crippen LogP contribution is -2.59. The molecule has 2 bridgehead atoms. The molecule has 4 aliphatic rings. The van der Waals surface area contributed by atoms with Crippen LogP contribution in [0.5, 0.6) is 11.5 Å². The third kappa shape index (κ3) is 2.90. The molecule has 3 heterocycles. The molecule has 2 aromatic rings. The number of methoxy groups -OCH3 is 2. The quantitative estimate of drug-likeness (QED) is 0.556. The Morgan fingerprint density at radius 3 is 2.43 bits per heavy atom. The molecular weight excluding hydrogens is 384 g/mol. The van der Waals surface area contributed by atoms with Crippen molar-refractivity contribution >= 4 is 5.97 Å². The zero-order chi connectivity index (χ0) is 20.9. The van der Waals surface area contributed by atoms with Crippen molar-refractivity contribution in [1.82, 2.24) is 0 Å². The Hall–Kier alpha value is -2.83. The van der Waals surface area contributed by atoms with Gasteiger partial charge in [0.25, 0.3) is 0 Å². The smallest absolute Gasteiger partial charge is 0.337 e. The third-order valence-corrected chi connectivity index (χ3v) is 6.50. The first kappa shape index (κ1) is 19.2. The van der Waals surface area contributed by atoms with E-state index in [2.05, 4.69) is 0 Å². The monoisotopic (exact) mass is 408 g/mol. The number of rotatable bonds is 4. The molecule has 30 heavy (non-hydrogen) atoms. The van der Waals surface area contributed by atoms with E-state index >= 15 is 0 Å². The highest BCUT2D eigenvalue weighted by Crippen LogP contribution is 2.57. The van der Waals surface area contributed by atoms with E-state index in [4.69, 9.17) is 24.0 Å². The summed E-state index contributed by atoms with van der Waals surface area (Å²) in [5.41, 5.74) is 0.965. The first-order valence-corrected chi connectivity index (χ1v) is 10.1. The minimum Gasteiger partial charge on any atom is -0.497 e. The number of hydrogen-bond acceptors (Lipinski definition) is 6. The van der Waals surface area contributed by atoms with Gasteiger partial charge in [-0.1, -0.05) is 24.3 Å². The molecule has 156 valence electrons. The summed E-state index contributed by atoms with van der Waals surface area (Å²) in [7, 11) is 3.27. The summed E-state index contributed by atoms with van der Waals surface area (Å²) >= 11 is 0. The number of esters is 1. The van der Waals surface area contributed by atoms with Crippen LogP contribution < -0.4 is 9.47 Å². The predicted octanol–water partition coefficient (Wildman–Crippen LogP) is 4.27. The van der Waals surface area contributed by atoms with Crippen molar-refractivity contribution in [3.8, 4) is 11.5 Å². The molecule has 2 aromatic carbocycles. The van der Waals surface area contributed by atoms with Crippen LogP contribution in [0, 0.1) is 0 Å². The van der Waals surface area contributed by atoms with Gasteiger partial charge in [0.15, 0.2) is 0 Å². The molecule has 4 atom stereocenters. The minimum atomic E-state index is -0.842. The van der Waals surface area contributed by atoms with Crippen LogP contribution in [0.25, 0.3) is 0 Å². The van der Waals surface area contributed by atoms with E-state index in [1.54, 1.807) is 14.2 Å². The number of fused-ring (bicyclic) bond motifs is 2. The van der Waals surface area contributed by atoms with Crippen molar-refractivity contribution in [3.63, 3.8) is 0 Å². The molecule has 3 aliphatic heterocycles. The molecule has 6 heteroatoms. The van der Waals surface area contributed by atoms with Crippen molar-refractivity contribution in [1.29, 1.82) is 0 Å². The molecule has 2 fully saturated rings. The largest absolute Gasteiger partial charge is 0.497 e. The molecule has 0 N–H and O–H groups in total. The van der Waals surface area contributed by atoms with Gasteiger partial charge < -0.3 is 14.2 Å². The maximum absolute atomic E-state index is 12.9. The van der Waals surface area contributed by atoms with E-state index in [0.29, 0.717) is 18.4 Å². The van der Waals surface area contributed by atoms with Gasteiger partial charge in [0.1, 0.15) is 28.8 Å². The molecule has 0 saturated carbocycles. The number of carbonyl (C=O) groups excluding carboxylic acids is 1. The van der Waals surface area contributed by atoms with Gasteiger partial charge in [-0.15, -0.1) is 0 Å². The highest BCUT2D eigenvalue weighted by atomic mass is 17.2. The summed E-state index contributed by atoms with van der Waals surface area (Å²) in [6.07, 6.45) is 2.57. The van der Waals surface area contributed by atoms with Crippen LogP contribution in [0.2, 0.25) is 0 Å². The highest BCUT2D eigenvalue weighted by molar-refractivity contribution is 5.93. The van der Waals surface area contributed by atoms with Crippen LogP contribution in [-0.2, 0) is 19.3 Å². The zero-order valence-corrected chi connectivity index (χ0v) is 17.2. The number of ether oxygens (including phenoxy) is 3. The van der Waals surface area contributed by atoms with Gasteiger partial charge in [-0.25, -0.2) is 14.6 Å². The molecule has 0 aromatic heterocycles. The summed E-state index contributed by atoms with van der Waals surface area (Å²) < 4.78 is 16.4. The van der Waals surface area contributed by atoms with Gasteiger partial charge in [-0.3, -0.25) is 0 Å². The average molecular weight is 408 g/mol. The Morgan fingerprint density at radius 1 is 0.933 bits per heavy atom. The van der Waals surface area contributed by atoms with Gasteiger partial charge in [-0.2, -0.15) is 0 Å². The fourth-order valence-corrected chi connectivity index (χ4v) is 4.81. The van der Waals surface area contributed by atoms with Crippen molar-refractivity contribution < 1.29 is 28.8 Å². The average Bonchev–Trinajstić information content (AvgIpc) is 2.78. The second kappa shape index (κ2) is 6.86. The molecule has 0 amide bonds. The molecule has 6 rings (SSSR count). The highest BCUT2D eigenvalue weighted by Gasteiger charge is 2.61. The fourth-order valence-electron chi connectivity index (χ4n) is 4.81. The van der Waals surface area contributed by atoms with E-state index in [1.807, 2.05) is 61.5 Å². The maximum atomic E-state index is 12.9. The standard InChI is InChI=1S/C24H24O6/c1-23-12-20-22(25)28-21(16-5-4-6-18(11-16)27-3)14-24(20,30-29-23)13-19(23)15-7-9-17(26-2)10-8-15/h4-12,19,21H,13-14H2,1-3H3/t19?,21?,23-,24+/m1/s1. The Kier molecular flexibility index (Phi) is 4.38. The minimum absolute atomic E-state index is 0.0396. The molecule has 2 saturated heterocycles. The second-order valence-corrected chi connectivity index (χ2v) is 8.31. The normalized spacial score (nSPS) is 32.1. The van der Waals surface area contributed by atoms with E-state index in [9.17, 15) is 4.79 Å². The van der Waals surface area contributed by atoms with Gasteiger partial charge in [0.2, 0.25) is 0 Å². The molecule has 1 aliphatic carbocycles. The lowest BCUT2D eigenvalue weighted by atomic mass is 9.64. The molecule has 1 spiro atoms. The van der Waals surface area contributed by atoms with Crippen LogP contribution in [-0.4, -0.2) is 31.4 Å². The van der Waals surface area contributed by atoms with Crippen molar-refractivity contribution in [2.45, 2.75) is 43.0 Å². The Labute approximate surface area is 175 Å². The zero-order valence-electron chi connectivity index (χ0n) is 17.2. The number of carbonyl (C=O) groups is 1. The topological polar surface area (TPSA) is 63.2 Å². The first-order valence-electron chi connectivity index (χ1n) is 10.1. The Bertz CT molecular complexity index is 1010. The van der Waals surface area contributed by atoms with E-state index in [0.717, 1.165) is 22.6 Å². The van der Waals surface area contributed by atoms with Gasteiger partial charge in [0.05, 0.1) is 19.8 Å². The molecule has 0 radical (unpaired) electrons. The maximum Gasteiger partial charge on any atom is 0.337 e. The number of benzene rings is 2. The fraction of sp³-hybridized carbons (Fsp3) is 0.375. The van der Waals surface area contributed by atoms with Crippen LogP contribution in [0.15, 0.2) is 60.2 Å². The lowest BCUT2D eigenvalue weighted by Gasteiger charge is -2.55. The lowest BCUT2D eigenvalue weighted by molar-refractivity contribution is -0.437. The Balaban J connectivity index is 1.51. The summed E-state index contributed by atoms with van der Waals surface area (Å²) in [4.78, 5) is 24.8. The van der Waals surface area contributed by atoms with E-state index in [1.165, 1.54) is 0 Å². The summed E-state index contributed by atoms with van der Waals surface area (Å²) in [5.74, 6) is 1.21. The van der Waals surface area contributed by atoms with Crippen LogP contribution in [0.1, 0.15) is 42.9 Å². The van der Waals surface area contributed by atoms with Gasteiger partial charge in [-0.05, 0) is 54.8 Å². The van der Waals surface area contributed by atoms with E-state index in [-0.39, 0.29) is 11.9 Å². The first-order chi connectivity index (χ1) is 14.5. The Morgan fingerprint density at radius 2 is 1.70 bits per heavy atom. The van der Waals surface area contributed by atoms with Crippen LogP contribution in [0.4, 0.5) is 0 Å². The van der Waals surface area contributed by atoms with Crippen molar-refractivity contribution in [2.75, 3.05) is 14.2 Å². The van der Waals surface area contributed by atoms with Crippen LogP contribution in [0.3, 0.4) is 0 Å². The number of cyclic esters (lactones) is 1. The molecule has 2 unspecified atom stereocenters. The second-order valence-electron chi connectivity index (χ2n) is 8.31. The van der Waals surface area contributed by atoms with Crippen molar-refractivity contribution in [2.24, 2.45) is 0 Å². The van der Waals surface area contributed by atoms with Crippen molar-refractivity contribution in [3.05, 3.63) is 71.3 Å². The summed E-state index contributed by atoms with van der Waals surface area (Å²) in [5, 5.41) is 0. The van der Waals surface area contributed by atoms with Gasteiger partial charge >= 0.3 is 5.97 Å².